The van der Waals surface area contributed by atoms with Crippen LogP contribution in [0.5, 0.6) is 0 Å². The number of ether oxygens (including phenoxy) is 2. The predicted octanol–water partition coefficient (Wildman–Crippen LogP) is 2.55. The molecule has 0 radical (unpaired) electrons. The van der Waals surface area contributed by atoms with E-state index in [9.17, 15) is 0 Å². The number of rotatable bonds is 8. The number of methoxy groups -OCH3 is 2. The third-order valence-corrected chi connectivity index (χ3v) is 3.89. The van der Waals surface area contributed by atoms with E-state index in [1.54, 1.807) is 14.2 Å². The molecule has 2 N–H and O–H groups in total. The average Bonchev–Trinajstić information content (AvgIpc) is 2.47. The lowest BCUT2D eigenvalue weighted by Gasteiger charge is -2.43. The summed E-state index contributed by atoms with van der Waals surface area (Å²) in [5.74, 6) is 0. The highest BCUT2D eigenvalue weighted by atomic mass is 16.7. The van der Waals surface area contributed by atoms with Gasteiger partial charge in [-0.3, -0.25) is 0 Å². The number of likely N-dealkylation sites (N-methyl/N-ethyl adjacent to an activating group) is 1. The van der Waals surface area contributed by atoms with E-state index >= 15 is 0 Å². The van der Waals surface area contributed by atoms with Gasteiger partial charge >= 0.3 is 0 Å². The second-order valence-electron chi connectivity index (χ2n) is 5.39. The smallest absolute Gasteiger partial charge is 0.159 e. The van der Waals surface area contributed by atoms with Gasteiger partial charge in [-0.1, -0.05) is 17.7 Å². The van der Waals surface area contributed by atoms with E-state index in [0.717, 1.165) is 13.0 Å². The normalized spacial score (nSPS) is 14.3. The Morgan fingerprint density at radius 1 is 1.20 bits per heavy atom. The van der Waals surface area contributed by atoms with Gasteiger partial charge in [-0.15, -0.1) is 0 Å². The Balaban J connectivity index is 3.01. The van der Waals surface area contributed by atoms with Gasteiger partial charge in [0.15, 0.2) is 6.29 Å². The monoisotopic (exact) mass is 280 g/mol. The van der Waals surface area contributed by atoms with Crippen LogP contribution < -0.4 is 10.6 Å². The van der Waals surface area contributed by atoms with Crippen LogP contribution in [-0.2, 0) is 9.47 Å². The van der Waals surface area contributed by atoms with Gasteiger partial charge in [-0.25, -0.2) is 0 Å². The van der Waals surface area contributed by atoms with Crippen molar-refractivity contribution >= 4 is 5.69 Å². The van der Waals surface area contributed by atoms with Gasteiger partial charge in [0, 0.05) is 39.4 Å². The molecule has 4 heteroatoms. The maximum Gasteiger partial charge on any atom is 0.159 e. The van der Waals surface area contributed by atoms with Crippen LogP contribution in [-0.4, -0.2) is 39.1 Å². The first-order valence-electron chi connectivity index (χ1n) is 7.10. The molecule has 0 aliphatic carbocycles. The molecule has 0 saturated heterocycles. The molecule has 0 bridgehead atoms. The average molecular weight is 280 g/mol. The van der Waals surface area contributed by atoms with Gasteiger partial charge < -0.3 is 20.1 Å². The maximum atomic E-state index is 6.06. The molecule has 0 fully saturated rings. The number of hydrogen-bond donors (Lipinski definition) is 1. The minimum absolute atomic E-state index is 0.208. The molecule has 1 aromatic carbocycles. The first-order chi connectivity index (χ1) is 9.50. The molecule has 0 amide bonds. The highest BCUT2D eigenvalue weighted by Crippen LogP contribution is 2.28. The fourth-order valence-corrected chi connectivity index (χ4v) is 2.53. The maximum absolute atomic E-state index is 6.06. The molecule has 0 aliphatic heterocycles. The van der Waals surface area contributed by atoms with Crippen LogP contribution >= 0.6 is 0 Å². The van der Waals surface area contributed by atoms with Crippen molar-refractivity contribution in [1.82, 2.24) is 0 Å². The van der Waals surface area contributed by atoms with E-state index in [1.165, 1.54) is 11.3 Å². The fraction of sp³-hybridized carbons (Fsp3) is 0.625. The molecule has 0 aromatic heterocycles. The number of aryl methyl sites for hydroxylation is 1. The van der Waals surface area contributed by atoms with E-state index in [0.29, 0.717) is 6.54 Å². The van der Waals surface area contributed by atoms with Crippen molar-refractivity contribution in [1.29, 1.82) is 0 Å². The minimum Gasteiger partial charge on any atom is -0.365 e. The minimum atomic E-state index is -0.247. The Hall–Kier alpha value is -1.10. The van der Waals surface area contributed by atoms with Gasteiger partial charge in [0.05, 0.1) is 5.54 Å². The quantitative estimate of drug-likeness (QED) is 0.743. The van der Waals surface area contributed by atoms with Crippen LogP contribution in [0.1, 0.15) is 25.8 Å². The van der Waals surface area contributed by atoms with Crippen LogP contribution in [0.4, 0.5) is 5.69 Å². The van der Waals surface area contributed by atoms with Crippen LogP contribution in [0.15, 0.2) is 24.3 Å². The van der Waals surface area contributed by atoms with Crippen molar-refractivity contribution in [2.24, 2.45) is 5.73 Å². The van der Waals surface area contributed by atoms with E-state index in [-0.39, 0.29) is 11.8 Å². The van der Waals surface area contributed by atoms with Crippen molar-refractivity contribution in [3.8, 4) is 0 Å². The summed E-state index contributed by atoms with van der Waals surface area (Å²) >= 11 is 0. The second-order valence-corrected chi connectivity index (χ2v) is 5.39. The summed E-state index contributed by atoms with van der Waals surface area (Å²) in [4.78, 5) is 2.32. The first-order valence-corrected chi connectivity index (χ1v) is 7.10. The van der Waals surface area contributed by atoms with Gasteiger partial charge in [0.25, 0.3) is 0 Å². The summed E-state index contributed by atoms with van der Waals surface area (Å²) in [7, 11) is 3.32. The van der Waals surface area contributed by atoms with Crippen molar-refractivity contribution in [3.05, 3.63) is 29.8 Å². The van der Waals surface area contributed by atoms with Crippen LogP contribution in [0.2, 0.25) is 0 Å². The van der Waals surface area contributed by atoms with E-state index in [1.807, 2.05) is 0 Å². The zero-order chi connectivity index (χ0) is 15.2. The lowest BCUT2D eigenvalue weighted by molar-refractivity contribution is -0.115. The lowest BCUT2D eigenvalue weighted by atomic mass is 9.93. The molecular formula is C16H28N2O2. The molecule has 0 heterocycles. The molecule has 114 valence electrons. The SMILES string of the molecule is CCN(c1ccc(C)cc1)C(C)(CN)CC(OC)OC. The summed E-state index contributed by atoms with van der Waals surface area (Å²) < 4.78 is 10.7. The van der Waals surface area contributed by atoms with Crippen molar-refractivity contribution in [2.75, 3.05) is 32.2 Å². The number of benzene rings is 1. The molecule has 0 spiro atoms. The third-order valence-electron chi connectivity index (χ3n) is 3.89. The Morgan fingerprint density at radius 2 is 1.75 bits per heavy atom. The number of nitrogens with two attached hydrogens (primary N) is 1. The van der Waals surface area contributed by atoms with E-state index in [2.05, 4.69) is 49.9 Å². The Bertz CT molecular complexity index is 390. The van der Waals surface area contributed by atoms with Gasteiger partial charge in [0.1, 0.15) is 0 Å². The second kappa shape index (κ2) is 7.62. The van der Waals surface area contributed by atoms with Crippen molar-refractivity contribution < 1.29 is 9.47 Å². The van der Waals surface area contributed by atoms with E-state index in [4.69, 9.17) is 15.2 Å². The zero-order valence-electron chi connectivity index (χ0n) is 13.3. The predicted molar refractivity (Wildman–Crippen MR) is 84.1 cm³/mol. The molecule has 1 rings (SSSR count). The number of nitrogens with zero attached hydrogens (tertiary/aromatic N) is 1. The van der Waals surface area contributed by atoms with Crippen molar-refractivity contribution in [3.63, 3.8) is 0 Å². The molecule has 20 heavy (non-hydrogen) atoms. The molecule has 4 nitrogen and oxygen atoms in total. The van der Waals surface area contributed by atoms with Gasteiger partial charge in [-0.2, -0.15) is 0 Å². The molecule has 1 aromatic rings. The van der Waals surface area contributed by atoms with Crippen molar-refractivity contribution in [2.45, 2.75) is 39.0 Å². The summed E-state index contributed by atoms with van der Waals surface area (Å²) in [5, 5.41) is 0. The summed E-state index contributed by atoms with van der Waals surface area (Å²) in [6, 6.07) is 8.53. The molecule has 0 saturated carbocycles. The lowest BCUT2D eigenvalue weighted by Crippen LogP contribution is -2.54. The van der Waals surface area contributed by atoms with Gasteiger partial charge in [-0.05, 0) is 32.9 Å². The number of hydrogen-bond acceptors (Lipinski definition) is 4. The van der Waals surface area contributed by atoms with Gasteiger partial charge in [0.2, 0.25) is 0 Å². The Morgan fingerprint density at radius 3 is 2.15 bits per heavy atom. The standard InChI is InChI=1S/C16H28N2O2/c1-6-18(14-9-7-13(2)8-10-14)16(3,12-17)11-15(19-4)20-5/h7-10,15H,6,11-12,17H2,1-5H3. The third kappa shape index (κ3) is 3.95. The van der Waals surface area contributed by atoms with E-state index < -0.39 is 0 Å². The summed E-state index contributed by atoms with van der Waals surface area (Å²) in [6.45, 7) is 7.81. The zero-order valence-corrected chi connectivity index (χ0v) is 13.3. The first kappa shape index (κ1) is 17.0. The number of anilines is 1. The largest absolute Gasteiger partial charge is 0.365 e. The Labute approximate surface area is 122 Å². The molecular weight excluding hydrogens is 252 g/mol. The molecule has 1 unspecified atom stereocenters. The highest BCUT2D eigenvalue weighted by molar-refractivity contribution is 5.50. The fourth-order valence-electron chi connectivity index (χ4n) is 2.53. The Kier molecular flexibility index (Phi) is 6.46. The molecule has 1 atom stereocenters. The van der Waals surface area contributed by atoms with Crippen LogP contribution in [0.25, 0.3) is 0 Å². The molecule has 0 aliphatic rings. The van der Waals surface area contributed by atoms with Crippen LogP contribution in [0.3, 0.4) is 0 Å². The van der Waals surface area contributed by atoms with Crippen LogP contribution in [0, 0.1) is 6.92 Å². The highest BCUT2D eigenvalue weighted by Gasteiger charge is 2.33. The topological polar surface area (TPSA) is 47.7 Å². The summed E-state index contributed by atoms with van der Waals surface area (Å²) in [5.41, 5.74) is 8.28. The summed E-state index contributed by atoms with van der Waals surface area (Å²) in [6.07, 6.45) is 0.473.